The molecule has 0 saturated carbocycles. The highest BCUT2D eigenvalue weighted by Gasteiger charge is 2.00. The molecule has 2 nitrogen and oxygen atoms in total. The van der Waals surface area contributed by atoms with Crippen molar-refractivity contribution in [2.45, 2.75) is 46.1 Å². The summed E-state index contributed by atoms with van der Waals surface area (Å²) in [5.41, 5.74) is 0.858. The van der Waals surface area contributed by atoms with Crippen LogP contribution in [-0.4, -0.2) is 19.2 Å². The molecule has 0 atom stereocenters. The lowest BCUT2D eigenvalue weighted by Gasteiger charge is -2.10. The molecule has 102 valence electrons. The fourth-order valence-corrected chi connectivity index (χ4v) is 1.75. The van der Waals surface area contributed by atoms with E-state index in [4.69, 9.17) is 4.74 Å². The highest BCUT2D eigenvalue weighted by atomic mass is 19.1. The van der Waals surface area contributed by atoms with Crippen LogP contribution in [0, 0.1) is 12.7 Å². The van der Waals surface area contributed by atoms with E-state index in [0.29, 0.717) is 12.6 Å². The van der Waals surface area contributed by atoms with Crippen molar-refractivity contribution in [1.82, 2.24) is 5.32 Å². The highest BCUT2D eigenvalue weighted by Crippen LogP contribution is 2.18. The van der Waals surface area contributed by atoms with Crippen LogP contribution >= 0.6 is 0 Å². The molecule has 3 heteroatoms. The summed E-state index contributed by atoms with van der Waals surface area (Å²) in [6.07, 6.45) is 3.36. The molecule has 0 bridgehead atoms. The van der Waals surface area contributed by atoms with Gasteiger partial charge in [0.25, 0.3) is 0 Å². The van der Waals surface area contributed by atoms with Crippen molar-refractivity contribution in [3.8, 4) is 5.75 Å². The molecule has 0 fully saturated rings. The van der Waals surface area contributed by atoms with Gasteiger partial charge in [0, 0.05) is 6.04 Å². The van der Waals surface area contributed by atoms with Gasteiger partial charge in [-0.3, -0.25) is 0 Å². The zero-order valence-corrected chi connectivity index (χ0v) is 11.6. The average molecular weight is 253 g/mol. The maximum Gasteiger partial charge on any atom is 0.123 e. The standard InChI is InChI=1S/C15H24FNO/c1-12(2)17-9-5-4-6-10-18-15-8-7-14(16)11-13(15)3/h7-8,11-12,17H,4-6,9-10H2,1-3H3. The van der Waals surface area contributed by atoms with E-state index in [-0.39, 0.29) is 5.82 Å². The van der Waals surface area contributed by atoms with Gasteiger partial charge in [0.2, 0.25) is 0 Å². The van der Waals surface area contributed by atoms with E-state index in [9.17, 15) is 4.39 Å². The molecule has 0 aliphatic heterocycles. The normalized spacial score (nSPS) is 10.9. The Morgan fingerprint density at radius 1 is 1.22 bits per heavy atom. The molecular formula is C15H24FNO. The summed E-state index contributed by atoms with van der Waals surface area (Å²) in [7, 11) is 0. The summed E-state index contributed by atoms with van der Waals surface area (Å²) in [5.74, 6) is 0.580. The summed E-state index contributed by atoms with van der Waals surface area (Å²) in [5, 5.41) is 3.39. The second-order valence-corrected chi connectivity index (χ2v) is 4.93. The third-order valence-corrected chi connectivity index (χ3v) is 2.77. The van der Waals surface area contributed by atoms with Gasteiger partial charge in [-0.1, -0.05) is 13.8 Å². The predicted octanol–water partition coefficient (Wildman–Crippen LogP) is 3.68. The number of ether oxygens (including phenoxy) is 1. The maximum atomic E-state index is 12.9. The summed E-state index contributed by atoms with van der Waals surface area (Å²) < 4.78 is 18.5. The molecule has 1 rings (SSSR count). The number of halogens is 1. The fraction of sp³-hybridized carbons (Fsp3) is 0.600. The molecule has 0 aliphatic carbocycles. The smallest absolute Gasteiger partial charge is 0.123 e. The van der Waals surface area contributed by atoms with Gasteiger partial charge in [-0.25, -0.2) is 4.39 Å². The molecule has 0 amide bonds. The van der Waals surface area contributed by atoms with Crippen LogP contribution in [0.15, 0.2) is 18.2 Å². The van der Waals surface area contributed by atoms with Crippen molar-refractivity contribution in [2.75, 3.05) is 13.2 Å². The summed E-state index contributed by atoms with van der Waals surface area (Å²) in [6.45, 7) is 7.94. The Bertz CT molecular complexity index is 352. The van der Waals surface area contributed by atoms with E-state index >= 15 is 0 Å². The number of hydrogen-bond donors (Lipinski definition) is 1. The van der Waals surface area contributed by atoms with Crippen LogP contribution in [0.1, 0.15) is 38.7 Å². The molecule has 0 radical (unpaired) electrons. The number of aryl methyl sites for hydroxylation is 1. The molecule has 18 heavy (non-hydrogen) atoms. The van der Waals surface area contributed by atoms with Crippen molar-refractivity contribution >= 4 is 0 Å². The fourth-order valence-electron chi connectivity index (χ4n) is 1.75. The van der Waals surface area contributed by atoms with Crippen molar-refractivity contribution in [2.24, 2.45) is 0 Å². The van der Waals surface area contributed by atoms with Crippen molar-refractivity contribution < 1.29 is 9.13 Å². The molecule has 1 aromatic carbocycles. The van der Waals surface area contributed by atoms with Crippen LogP contribution in [0.3, 0.4) is 0 Å². The topological polar surface area (TPSA) is 21.3 Å². The van der Waals surface area contributed by atoms with E-state index in [0.717, 1.165) is 30.7 Å². The van der Waals surface area contributed by atoms with E-state index < -0.39 is 0 Å². The lowest BCUT2D eigenvalue weighted by molar-refractivity contribution is 0.302. The highest BCUT2D eigenvalue weighted by molar-refractivity contribution is 5.32. The SMILES string of the molecule is Cc1cc(F)ccc1OCCCCCNC(C)C. The Morgan fingerprint density at radius 3 is 2.67 bits per heavy atom. The number of rotatable bonds is 8. The minimum absolute atomic E-state index is 0.209. The average Bonchev–Trinajstić information content (AvgIpc) is 2.30. The van der Waals surface area contributed by atoms with Gasteiger partial charge < -0.3 is 10.1 Å². The third kappa shape index (κ3) is 6.01. The quantitative estimate of drug-likeness (QED) is 0.714. The number of benzene rings is 1. The molecular weight excluding hydrogens is 229 g/mol. The van der Waals surface area contributed by atoms with Crippen LogP contribution in [0.25, 0.3) is 0 Å². The van der Waals surface area contributed by atoms with E-state index in [1.165, 1.54) is 18.6 Å². The van der Waals surface area contributed by atoms with Crippen molar-refractivity contribution in [3.05, 3.63) is 29.6 Å². The van der Waals surface area contributed by atoms with Gasteiger partial charge in [-0.15, -0.1) is 0 Å². The van der Waals surface area contributed by atoms with Crippen LogP contribution in [0.2, 0.25) is 0 Å². The van der Waals surface area contributed by atoms with E-state index in [2.05, 4.69) is 19.2 Å². The number of nitrogens with one attached hydrogen (secondary N) is 1. The van der Waals surface area contributed by atoms with Gasteiger partial charge in [-0.2, -0.15) is 0 Å². The third-order valence-electron chi connectivity index (χ3n) is 2.77. The Labute approximate surface area is 110 Å². The largest absolute Gasteiger partial charge is 0.493 e. The van der Waals surface area contributed by atoms with Crippen LogP contribution in [0.5, 0.6) is 5.75 Å². The maximum absolute atomic E-state index is 12.9. The molecule has 1 N–H and O–H groups in total. The van der Waals surface area contributed by atoms with Gasteiger partial charge in [-0.05, 0) is 56.5 Å². The Hall–Kier alpha value is -1.09. The summed E-state index contributed by atoms with van der Waals surface area (Å²) >= 11 is 0. The van der Waals surface area contributed by atoms with E-state index in [1.807, 2.05) is 6.92 Å². The Balaban J connectivity index is 2.11. The first kappa shape index (κ1) is 15.0. The summed E-state index contributed by atoms with van der Waals surface area (Å²) in [4.78, 5) is 0. The van der Waals surface area contributed by atoms with E-state index in [1.54, 1.807) is 6.07 Å². The van der Waals surface area contributed by atoms with Crippen LogP contribution in [0.4, 0.5) is 4.39 Å². The zero-order valence-electron chi connectivity index (χ0n) is 11.6. The second-order valence-electron chi connectivity index (χ2n) is 4.93. The van der Waals surface area contributed by atoms with Gasteiger partial charge in [0.05, 0.1) is 6.61 Å². The molecule has 1 aromatic rings. The van der Waals surface area contributed by atoms with Gasteiger partial charge >= 0.3 is 0 Å². The minimum atomic E-state index is -0.209. The minimum Gasteiger partial charge on any atom is -0.493 e. The molecule has 0 heterocycles. The second kappa shape index (κ2) is 8.09. The lowest BCUT2D eigenvalue weighted by atomic mass is 10.2. The number of unbranched alkanes of at least 4 members (excludes halogenated alkanes) is 2. The molecule has 0 aliphatic rings. The van der Waals surface area contributed by atoms with Gasteiger partial charge in [0.15, 0.2) is 0 Å². The zero-order chi connectivity index (χ0) is 13.4. The Morgan fingerprint density at radius 2 is 2.00 bits per heavy atom. The lowest BCUT2D eigenvalue weighted by Crippen LogP contribution is -2.23. The van der Waals surface area contributed by atoms with Crippen LogP contribution in [-0.2, 0) is 0 Å². The molecule has 0 aromatic heterocycles. The molecule has 0 spiro atoms. The molecule has 0 saturated heterocycles. The van der Waals surface area contributed by atoms with Gasteiger partial charge in [0.1, 0.15) is 11.6 Å². The monoisotopic (exact) mass is 253 g/mol. The first-order valence-electron chi connectivity index (χ1n) is 6.72. The number of hydrogen-bond acceptors (Lipinski definition) is 2. The van der Waals surface area contributed by atoms with Crippen molar-refractivity contribution in [3.63, 3.8) is 0 Å². The summed E-state index contributed by atoms with van der Waals surface area (Å²) in [6, 6.07) is 5.20. The van der Waals surface area contributed by atoms with Crippen molar-refractivity contribution in [1.29, 1.82) is 0 Å². The first-order chi connectivity index (χ1) is 8.59. The first-order valence-corrected chi connectivity index (χ1v) is 6.72. The Kier molecular flexibility index (Phi) is 6.73. The van der Waals surface area contributed by atoms with Crippen LogP contribution < -0.4 is 10.1 Å². The predicted molar refractivity (Wildman–Crippen MR) is 73.6 cm³/mol. The molecule has 0 unspecified atom stereocenters.